The van der Waals surface area contributed by atoms with Crippen molar-refractivity contribution in [2.45, 2.75) is 64.1 Å². The number of carbonyl (C=O) groups excluding carboxylic acids is 1. The Morgan fingerprint density at radius 3 is 2.00 bits per heavy atom. The molecule has 0 bridgehead atoms. The molecule has 1 amide bonds. The van der Waals surface area contributed by atoms with Crippen LogP contribution in [0.4, 0.5) is 4.79 Å². The molecule has 5 heteroatoms. The van der Waals surface area contributed by atoms with Gasteiger partial charge in [0.05, 0.1) is 13.3 Å². The van der Waals surface area contributed by atoms with Gasteiger partial charge in [0.15, 0.2) is 0 Å². The van der Waals surface area contributed by atoms with Gasteiger partial charge >= 0.3 is 6.09 Å². The van der Waals surface area contributed by atoms with Gasteiger partial charge in [0.25, 0.3) is 0 Å². The Hall–Kier alpha value is -0.553. The summed E-state index contributed by atoms with van der Waals surface area (Å²) in [6.07, 6.45) is 1.07. The first-order valence-electron chi connectivity index (χ1n) is 6.65. The molecule has 0 aromatic heterocycles. The van der Waals surface area contributed by atoms with Gasteiger partial charge in [0.1, 0.15) is 5.60 Å². The highest BCUT2D eigenvalue weighted by Crippen LogP contribution is 2.32. The number of amides is 1. The molecule has 1 heterocycles. The Bertz CT molecular complexity index is 309. The molecular formula is C13H27NO3Si. The van der Waals surface area contributed by atoms with Crippen LogP contribution in [-0.2, 0) is 4.74 Å². The lowest BCUT2D eigenvalue weighted by atomic mass is 10.1. The molecule has 0 spiro atoms. The van der Waals surface area contributed by atoms with E-state index in [-0.39, 0.29) is 6.09 Å². The third-order valence-electron chi connectivity index (χ3n) is 3.64. The van der Waals surface area contributed by atoms with Gasteiger partial charge in [0.2, 0.25) is 0 Å². The van der Waals surface area contributed by atoms with E-state index in [9.17, 15) is 9.90 Å². The third kappa shape index (κ3) is 3.72. The average molecular weight is 273 g/mol. The van der Waals surface area contributed by atoms with Crippen LogP contribution in [0.15, 0.2) is 0 Å². The largest absolute Gasteiger partial charge is 0.444 e. The molecule has 0 aromatic carbocycles. The molecule has 1 aliphatic heterocycles. The molecule has 0 atom stereocenters. The highest BCUT2D eigenvalue weighted by Gasteiger charge is 2.44. The Morgan fingerprint density at radius 2 is 1.67 bits per heavy atom. The van der Waals surface area contributed by atoms with Gasteiger partial charge in [-0.25, -0.2) is 4.79 Å². The van der Waals surface area contributed by atoms with E-state index in [0.717, 1.165) is 0 Å². The molecule has 1 saturated heterocycles. The molecule has 0 unspecified atom stereocenters. The summed E-state index contributed by atoms with van der Waals surface area (Å²) in [7, 11) is -1.62. The maximum atomic E-state index is 11.9. The highest BCUT2D eigenvalue weighted by atomic mass is 28.3. The van der Waals surface area contributed by atoms with Gasteiger partial charge in [-0.2, -0.15) is 0 Å². The van der Waals surface area contributed by atoms with Gasteiger partial charge in [0, 0.05) is 13.1 Å². The lowest BCUT2D eigenvalue weighted by Gasteiger charge is -2.45. The van der Waals surface area contributed by atoms with Gasteiger partial charge in [-0.05, 0) is 33.6 Å². The van der Waals surface area contributed by atoms with Crippen molar-refractivity contribution in [3.05, 3.63) is 0 Å². The van der Waals surface area contributed by atoms with E-state index in [1.54, 1.807) is 4.90 Å². The molecule has 1 N–H and O–H groups in total. The molecule has 4 nitrogen and oxygen atoms in total. The molecule has 1 rings (SSSR count). The highest BCUT2D eigenvalue weighted by molar-refractivity contribution is 6.78. The molecule has 18 heavy (non-hydrogen) atoms. The lowest BCUT2D eigenvalue weighted by Crippen LogP contribution is -2.59. The van der Waals surface area contributed by atoms with Gasteiger partial charge in [-0.1, -0.05) is 19.6 Å². The average Bonchev–Trinajstić information content (AvgIpc) is 2.14. The molecule has 0 saturated carbocycles. The van der Waals surface area contributed by atoms with E-state index < -0.39 is 18.9 Å². The van der Waals surface area contributed by atoms with Crippen LogP contribution < -0.4 is 0 Å². The fraction of sp³-hybridized carbons (Fsp3) is 0.923. The normalized spacial score (nSPS) is 20.7. The van der Waals surface area contributed by atoms with Crippen LogP contribution in [0.5, 0.6) is 0 Å². The van der Waals surface area contributed by atoms with Crippen molar-refractivity contribution in [1.82, 2.24) is 4.90 Å². The molecular weight excluding hydrogens is 246 g/mol. The van der Waals surface area contributed by atoms with Crippen LogP contribution in [0.25, 0.3) is 0 Å². The van der Waals surface area contributed by atoms with Crippen LogP contribution in [0, 0.1) is 0 Å². The molecule has 106 valence electrons. The van der Waals surface area contributed by atoms with E-state index >= 15 is 0 Å². The molecule has 0 aromatic rings. The zero-order valence-corrected chi connectivity index (χ0v) is 13.5. The summed E-state index contributed by atoms with van der Waals surface area (Å²) in [5.74, 6) is 0. The van der Waals surface area contributed by atoms with E-state index in [4.69, 9.17) is 4.74 Å². The second kappa shape index (κ2) is 4.85. The van der Waals surface area contributed by atoms with E-state index in [0.29, 0.717) is 25.9 Å². The van der Waals surface area contributed by atoms with Gasteiger partial charge in [-0.15, -0.1) is 0 Å². The number of aliphatic hydroxyl groups is 1. The molecule has 1 aliphatic rings. The minimum Gasteiger partial charge on any atom is -0.444 e. The number of nitrogens with zero attached hydrogens (tertiary/aromatic N) is 1. The number of ether oxygens (including phenoxy) is 1. The predicted octanol–water partition coefficient (Wildman–Crippen LogP) is 2.63. The second-order valence-corrected chi connectivity index (χ2v) is 12.7. The van der Waals surface area contributed by atoms with Crippen molar-refractivity contribution in [3.8, 4) is 0 Å². The van der Waals surface area contributed by atoms with Gasteiger partial charge in [-0.3, -0.25) is 0 Å². The van der Waals surface area contributed by atoms with E-state index in [1.807, 2.05) is 20.8 Å². The van der Waals surface area contributed by atoms with Crippen LogP contribution in [0.1, 0.15) is 33.6 Å². The van der Waals surface area contributed by atoms with Crippen LogP contribution in [0.3, 0.4) is 0 Å². The summed E-state index contributed by atoms with van der Waals surface area (Å²) < 4.78 is 5.35. The maximum absolute atomic E-state index is 11.9. The number of hydrogen-bond donors (Lipinski definition) is 1. The van der Waals surface area contributed by atoms with Crippen molar-refractivity contribution < 1.29 is 14.6 Å². The first-order chi connectivity index (χ1) is 7.95. The minimum atomic E-state index is -1.62. The quantitative estimate of drug-likeness (QED) is 0.747. The summed E-state index contributed by atoms with van der Waals surface area (Å²) in [4.78, 5) is 13.6. The zero-order valence-electron chi connectivity index (χ0n) is 12.5. The molecule has 1 fully saturated rings. The predicted molar refractivity (Wildman–Crippen MR) is 75.3 cm³/mol. The lowest BCUT2D eigenvalue weighted by molar-refractivity contribution is -0.00119. The Kier molecular flexibility index (Phi) is 4.18. The van der Waals surface area contributed by atoms with Crippen molar-refractivity contribution in [1.29, 1.82) is 0 Å². The Balaban J connectivity index is 2.57. The van der Waals surface area contributed by atoms with Crippen molar-refractivity contribution in [2.75, 3.05) is 13.1 Å². The second-order valence-electron chi connectivity index (χ2n) is 7.25. The first kappa shape index (κ1) is 15.5. The van der Waals surface area contributed by atoms with Crippen LogP contribution in [-0.4, -0.2) is 48.1 Å². The first-order valence-corrected chi connectivity index (χ1v) is 10.1. The summed E-state index contributed by atoms with van der Waals surface area (Å²) >= 11 is 0. The number of likely N-dealkylation sites (tertiary alicyclic amines) is 1. The number of piperidine rings is 1. The summed E-state index contributed by atoms with van der Waals surface area (Å²) in [6.45, 7) is 13.3. The summed E-state index contributed by atoms with van der Waals surface area (Å²) in [5, 5.41) is 10.1. The fourth-order valence-corrected chi connectivity index (χ4v) is 3.86. The van der Waals surface area contributed by atoms with Crippen molar-refractivity contribution in [3.63, 3.8) is 0 Å². The van der Waals surface area contributed by atoms with Gasteiger partial charge < -0.3 is 14.7 Å². The topological polar surface area (TPSA) is 49.8 Å². The van der Waals surface area contributed by atoms with Crippen LogP contribution in [0.2, 0.25) is 19.6 Å². The summed E-state index contributed by atoms with van der Waals surface area (Å²) in [6, 6.07) is 0. The monoisotopic (exact) mass is 273 g/mol. The number of hydrogen-bond acceptors (Lipinski definition) is 3. The third-order valence-corrected chi connectivity index (χ3v) is 6.93. The summed E-state index contributed by atoms with van der Waals surface area (Å²) in [5.41, 5.74) is -0.455. The smallest absolute Gasteiger partial charge is 0.410 e. The van der Waals surface area contributed by atoms with Crippen molar-refractivity contribution in [2.24, 2.45) is 0 Å². The Morgan fingerprint density at radius 1 is 1.22 bits per heavy atom. The number of carbonyl (C=O) groups is 1. The SMILES string of the molecule is CC(C)(C)OC(=O)N1CCC(O)([Si](C)(C)C)CC1. The zero-order chi connectivity index (χ0) is 14.2. The minimum absolute atomic E-state index is 0.264. The Labute approximate surface area is 111 Å². The molecule has 0 radical (unpaired) electrons. The van der Waals surface area contributed by atoms with Crippen LogP contribution >= 0.6 is 0 Å². The van der Waals surface area contributed by atoms with E-state index in [1.165, 1.54) is 0 Å². The number of rotatable bonds is 1. The van der Waals surface area contributed by atoms with Crippen molar-refractivity contribution >= 4 is 14.2 Å². The standard InChI is InChI=1S/C13H27NO3Si/c1-12(2,3)17-11(15)14-9-7-13(16,8-10-14)18(4,5)6/h16H,7-10H2,1-6H3. The van der Waals surface area contributed by atoms with E-state index in [2.05, 4.69) is 19.6 Å². The molecule has 0 aliphatic carbocycles. The fourth-order valence-electron chi connectivity index (χ4n) is 2.14. The maximum Gasteiger partial charge on any atom is 0.410 e.